The van der Waals surface area contributed by atoms with Gasteiger partial charge in [0, 0.05) is 23.4 Å². The number of hydrogen-bond donors (Lipinski definition) is 2. The number of carbonyl (C=O) groups excluding carboxylic acids is 1. The van der Waals surface area contributed by atoms with E-state index < -0.39 is 5.91 Å². The van der Waals surface area contributed by atoms with E-state index in [1.54, 1.807) is 6.07 Å². The number of benzene rings is 2. The zero-order valence-corrected chi connectivity index (χ0v) is 16.7. The van der Waals surface area contributed by atoms with Crippen molar-refractivity contribution in [3.63, 3.8) is 0 Å². The van der Waals surface area contributed by atoms with Crippen molar-refractivity contribution in [1.82, 2.24) is 4.98 Å². The molecule has 0 aliphatic heterocycles. The summed E-state index contributed by atoms with van der Waals surface area (Å²) in [6.45, 7) is 6.81. The van der Waals surface area contributed by atoms with Crippen LogP contribution in [0.1, 0.15) is 41.0 Å². The number of nitrogens with zero attached hydrogens (tertiary/aromatic N) is 1. The maximum absolute atomic E-state index is 11.9. The Morgan fingerprint density at radius 3 is 2.32 bits per heavy atom. The molecule has 0 saturated heterocycles. The number of pyridine rings is 1. The summed E-state index contributed by atoms with van der Waals surface area (Å²) >= 11 is 0. The zero-order valence-electron chi connectivity index (χ0n) is 16.7. The lowest BCUT2D eigenvalue weighted by Gasteiger charge is -2.18. The monoisotopic (exact) mass is 373 g/mol. The van der Waals surface area contributed by atoms with Gasteiger partial charge in [-0.3, -0.25) is 9.78 Å². The van der Waals surface area contributed by atoms with Crippen molar-refractivity contribution in [1.29, 1.82) is 0 Å². The fourth-order valence-corrected chi connectivity index (χ4v) is 3.46. The number of hydrogen-bond acceptors (Lipinski definition) is 3. The number of aryl methyl sites for hydroxylation is 1. The minimum Gasteiger partial charge on any atom is -0.366 e. The van der Waals surface area contributed by atoms with Gasteiger partial charge in [-0.15, -0.1) is 0 Å². The first-order valence-electron chi connectivity index (χ1n) is 9.59. The van der Waals surface area contributed by atoms with Crippen molar-refractivity contribution in [2.45, 2.75) is 33.7 Å². The number of nitrogens with two attached hydrogens (primary N) is 2. The van der Waals surface area contributed by atoms with Gasteiger partial charge < -0.3 is 11.5 Å². The quantitative estimate of drug-likeness (QED) is 0.668. The third-order valence-corrected chi connectivity index (χ3v) is 4.85. The number of carbonyl (C=O) groups is 1. The van der Waals surface area contributed by atoms with Gasteiger partial charge in [0.25, 0.3) is 0 Å². The third-order valence-electron chi connectivity index (χ3n) is 4.85. The summed E-state index contributed by atoms with van der Waals surface area (Å²) in [5.74, 6) is -0.0205. The van der Waals surface area contributed by atoms with Crippen LogP contribution in [0.15, 0.2) is 54.6 Å². The Morgan fingerprint density at radius 2 is 1.71 bits per heavy atom. The molecule has 0 saturated carbocycles. The summed E-state index contributed by atoms with van der Waals surface area (Å²) < 4.78 is 0. The highest BCUT2D eigenvalue weighted by atomic mass is 16.1. The van der Waals surface area contributed by atoms with Crippen LogP contribution in [0.3, 0.4) is 0 Å². The summed E-state index contributed by atoms with van der Waals surface area (Å²) in [6.07, 6.45) is 0.817. The van der Waals surface area contributed by atoms with Gasteiger partial charge in [0.05, 0.1) is 5.69 Å². The molecule has 3 aromatic rings. The molecule has 3 rings (SSSR count). The van der Waals surface area contributed by atoms with Crippen LogP contribution < -0.4 is 11.5 Å². The zero-order chi connectivity index (χ0) is 20.3. The Kier molecular flexibility index (Phi) is 5.90. The van der Waals surface area contributed by atoms with Gasteiger partial charge in [0.15, 0.2) is 0 Å². The Morgan fingerprint density at radius 1 is 1.04 bits per heavy atom. The van der Waals surface area contributed by atoms with Crippen LogP contribution in [0, 0.1) is 12.8 Å². The van der Waals surface area contributed by atoms with Gasteiger partial charge in [-0.05, 0) is 48.1 Å². The molecule has 0 bridgehead atoms. The van der Waals surface area contributed by atoms with E-state index in [1.165, 1.54) is 5.56 Å². The molecule has 0 aliphatic rings. The number of amides is 1. The summed E-state index contributed by atoms with van der Waals surface area (Å²) in [4.78, 5) is 16.9. The normalized spacial score (nSPS) is 11.0. The van der Waals surface area contributed by atoms with E-state index in [2.05, 4.69) is 45.0 Å². The molecule has 144 valence electrons. The molecule has 28 heavy (non-hydrogen) atoms. The summed E-state index contributed by atoms with van der Waals surface area (Å²) in [7, 11) is 0. The van der Waals surface area contributed by atoms with Crippen molar-refractivity contribution in [2.24, 2.45) is 17.4 Å². The molecule has 2 aromatic carbocycles. The average Bonchev–Trinajstić information content (AvgIpc) is 2.67. The van der Waals surface area contributed by atoms with Crippen molar-refractivity contribution < 1.29 is 4.79 Å². The van der Waals surface area contributed by atoms with Crippen LogP contribution in [0.25, 0.3) is 22.4 Å². The molecular weight excluding hydrogens is 346 g/mol. The fourth-order valence-electron chi connectivity index (χ4n) is 3.46. The van der Waals surface area contributed by atoms with Gasteiger partial charge in [-0.25, -0.2) is 0 Å². The van der Waals surface area contributed by atoms with Gasteiger partial charge in [0.2, 0.25) is 5.91 Å². The maximum atomic E-state index is 11.9. The largest absolute Gasteiger partial charge is 0.366 e. The van der Waals surface area contributed by atoms with Crippen LogP contribution >= 0.6 is 0 Å². The Balaban J connectivity index is 2.28. The molecule has 1 aromatic heterocycles. The van der Waals surface area contributed by atoms with E-state index in [-0.39, 0.29) is 0 Å². The van der Waals surface area contributed by atoms with Crippen LogP contribution in [0.2, 0.25) is 0 Å². The molecule has 0 atom stereocenters. The summed E-state index contributed by atoms with van der Waals surface area (Å²) in [5.41, 5.74) is 19.1. The van der Waals surface area contributed by atoms with E-state index in [0.717, 1.165) is 40.1 Å². The summed E-state index contributed by atoms with van der Waals surface area (Å²) in [5, 5.41) is 0. The number of primary amides is 1. The van der Waals surface area contributed by atoms with Crippen LogP contribution in [0.5, 0.6) is 0 Å². The Labute approximate surface area is 166 Å². The molecule has 4 N–H and O–H groups in total. The second kappa shape index (κ2) is 8.36. The van der Waals surface area contributed by atoms with Crippen molar-refractivity contribution in [3.8, 4) is 22.4 Å². The average molecular weight is 374 g/mol. The minimum absolute atomic E-state index is 0.413. The molecule has 0 unspecified atom stereocenters. The third kappa shape index (κ3) is 4.12. The first-order valence-corrected chi connectivity index (χ1v) is 9.59. The van der Waals surface area contributed by atoms with Crippen molar-refractivity contribution in [2.75, 3.05) is 0 Å². The van der Waals surface area contributed by atoms with E-state index in [1.807, 2.05) is 24.3 Å². The molecule has 1 heterocycles. The highest BCUT2D eigenvalue weighted by Crippen LogP contribution is 2.32. The van der Waals surface area contributed by atoms with E-state index in [4.69, 9.17) is 16.5 Å². The molecule has 0 spiro atoms. The lowest BCUT2D eigenvalue weighted by molar-refractivity contribution is 0.100. The first kappa shape index (κ1) is 19.8. The SMILES string of the molecule is Cc1ccc(-c2cc(-c3ccccc3C(N)=O)nc(CC(C)C)c2CN)cc1. The standard InChI is InChI=1S/C24H27N3O/c1-15(2)12-22-21(14-25)20(17-10-8-16(3)9-11-17)13-23(27-22)18-6-4-5-7-19(18)24(26)28/h4-11,13,15H,12,14,25H2,1-3H3,(H2,26,28). The Bertz CT molecular complexity index is 991. The first-order chi connectivity index (χ1) is 13.4. The van der Waals surface area contributed by atoms with Crippen LogP contribution in [0.4, 0.5) is 0 Å². The van der Waals surface area contributed by atoms with Gasteiger partial charge >= 0.3 is 0 Å². The second-order valence-corrected chi connectivity index (χ2v) is 7.56. The summed E-state index contributed by atoms with van der Waals surface area (Å²) in [6, 6.07) is 17.8. The van der Waals surface area contributed by atoms with E-state index in [9.17, 15) is 4.79 Å². The highest BCUT2D eigenvalue weighted by Gasteiger charge is 2.18. The van der Waals surface area contributed by atoms with Gasteiger partial charge in [-0.1, -0.05) is 61.9 Å². The molecule has 4 nitrogen and oxygen atoms in total. The predicted octanol–water partition coefficient (Wildman–Crippen LogP) is 4.48. The number of aromatic nitrogens is 1. The fraction of sp³-hybridized carbons (Fsp3) is 0.250. The lowest BCUT2D eigenvalue weighted by atomic mass is 9.92. The highest BCUT2D eigenvalue weighted by molar-refractivity contribution is 5.99. The Hall–Kier alpha value is -2.98. The molecule has 1 amide bonds. The van der Waals surface area contributed by atoms with Gasteiger partial charge in [-0.2, -0.15) is 0 Å². The van der Waals surface area contributed by atoms with Crippen molar-refractivity contribution in [3.05, 3.63) is 77.0 Å². The van der Waals surface area contributed by atoms with Crippen LogP contribution in [-0.2, 0) is 13.0 Å². The van der Waals surface area contributed by atoms with Crippen LogP contribution in [-0.4, -0.2) is 10.9 Å². The van der Waals surface area contributed by atoms with Gasteiger partial charge in [0.1, 0.15) is 0 Å². The van der Waals surface area contributed by atoms with E-state index >= 15 is 0 Å². The second-order valence-electron chi connectivity index (χ2n) is 7.56. The molecule has 4 heteroatoms. The molecule has 0 aliphatic carbocycles. The molecular formula is C24H27N3O. The minimum atomic E-state index is -0.456. The lowest BCUT2D eigenvalue weighted by Crippen LogP contribution is -2.14. The van der Waals surface area contributed by atoms with Crippen molar-refractivity contribution >= 4 is 5.91 Å². The predicted molar refractivity (Wildman–Crippen MR) is 115 cm³/mol. The molecule has 0 fully saturated rings. The van der Waals surface area contributed by atoms with E-state index in [0.29, 0.717) is 18.0 Å². The maximum Gasteiger partial charge on any atom is 0.249 e. The topological polar surface area (TPSA) is 82.0 Å². The smallest absolute Gasteiger partial charge is 0.249 e. The number of rotatable bonds is 6. The molecule has 0 radical (unpaired) electrons.